The molecule has 0 amide bonds. The minimum Gasteiger partial charge on any atom is -0.409 e. The zero-order valence-corrected chi connectivity index (χ0v) is 12.5. The third-order valence-corrected chi connectivity index (χ3v) is 3.69. The van der Waals surface area contributed by atoms with Crippen LogP contribution in [0.5, 0.6) is 0 Å². The number of hydrogen-bond donors (Lipinski definition) is 3. The van der Waals surface area contributed by atoms with Crippen molar-refractivity contribution in [1.29, 1.82) is 0 Å². The second-order valence-corrected chi connectivity index (χ2v) is 5.21. The van der Waals surface area contributed by atoms with Crippen LogP contribution < -0.4 is 11.1 Å². The lowest BCUT2D eigenvalue weighted by Crippen LogP contribution is -2.18. The van der Waals surface area contributed by atoms with E-state index in [0.29, 0.717) is 12.1 Å². The Hall–Kier alpha value is -2.04. The Morgan fingerprint density at radius 2 is 1.90 bits per heavy atom. The molecule has 4 nitrogen and oxygen atoms in total. The molecule has 2 rings (SSSR count). The molecule has 1 atom stereocenters. The molecular formula is C16H18ClN3O. The van der Waals surface area contributed by atoms with Crippen LogP contribution in [0.15, 0.2) is 53.7 Å². The summed E-state index contributed by atoms with van der Waals surface area (Å²) in [6.45, 7) is 2.79. The highest BCUT2D eigenvalue weighted by Crippen LogP contribution is 2.22. The predicted molar refractivity (Wildman–Crippen MR) is 85.7 cm³/mol. The molecule has 0 spiro atoms. The van der Waals surface area contributed by atoms with Crippen LogP contribution in [0.1, 0.15) is 29.7 Å². The maximum Gasteiger partial charge on any atom is 0.170 e. The minimum atomic E-state index is 0.110. The van der Waals surface area contributed by atoms with Crippen molar-refractivity contribution in [2.45, 2.75) is 19.5 Å². The number of hydrogen-bond acceptors (Lipinski definition) is 3. The number of amidine groups is 1. The highest BCUT2D eigenvalue weighted by Gasteiger charge is 2.08. The molecule has 21 heavy (non-hydrogen) atoms. The quantitative estimate of drug-likeness (QED) is 0.343. The van der Waals surface area contributed by atoms with Gasteiger partial charge in [-0.1, -0.05) is 59.2 Å². The van der Waals surface area contributed by atoms with Crippen LogP contribution in [0, 0.1) is 0 Å². The van der Waals surface area contributed by atoms with Crippen LogP contribution in [-0.4, -0.2) is 11.0 Å². The molecule has 0 aliphatic heterocycles. The van der Waals surface area contributed by atoms with Crippen LogP contribution in [0.25, 0.3) is 0 Å². The summed E-state index contributed by atoms with van der Waals surface area (Å²) in [4.78, 5) is 0. The van der Waals surface area contributed by atoms with Gasteiger partial charge in [0.25, 0.3) is 0 Å². The molecule has 0 unspecified atom stereocenters. The number of nitrogens with two attached hydrogens (primary N) is 1. The van der Waals surface area contributed by atoms with E-state index >= 15 is 0 Å². The molecular weight excluding hydrogens is 286 g/mol. The molecule has 5 heteroatoms. The Kier molecular flexibility index (Phi) is 5.20. The smallest absolute Gasteiger partial charge is 0.170 e. The number of benzene rings is 2. The largest absolute Gasteiger partial charge is 0.409 e. The van der Waals surface area contributed by atoms with Crippen molar-refractivity contribution in [2.75, 3.05) is 0 Å². The Morgan fingerprint density at radius 3 is 2.52 bits per heavy atom. The molecule has 0 fully saturated rings. The third kappa shape index (κ3) is 3.97. The lowest BCUT2D eigenvalue weighted by molar-refractivity contribution is 0.318. The molecule has 0 bridgehead atoms. The second kappa shape index (κ2) is 7.11. The first-order chi connectivity index (χ1) is 10.1. The second-order valence-electron chi connectivity index (χ2n) is 4.81. The van der Waals surface area contributed by atoms with E-state index in [-0.39, 0.29) is 11.9 Å². The van der Waals surface area contributed by atoms with Gasteiger partial charge in [0.1, 0.15) is 0 Å². The molecule has 2 aromatic carbocycles. The molecule has 0 heterocycles. The fourth-order valence-electron chi connectivity index (χ4n) is 2.06. The molecule has 0 saturated carbocycles. The molecule has 4 N–H and O–H groups in total. The third-order valence-electron chi connectivity index (χ3n) is 3.34. The summed E-state index contributed by atoms with van der Waals surface area (Å²) in [5.74, 6) is 0.110. The van der Waals surface area contributed by atoms with Crippen molar-refractivity contribution in [3.63, 3.8) is 0 Å². The topological polar surface area (TPSA) is 70.6 Å². The van der Waals surface area contributed by atoms with Crippen molar-refractivity contribution in [1.82, 2.24) is 5.32 Å². The number of nitrogens with zero attached hydrogens (tertiary/aromatic N) is 1. The summed E-state index contributed by atoms with van der Waals surface area (Å²) >= 11 is 6.18. The maximum atomic E-state index is 8.62. The monoisotopic (exact) mass is 303 g/mol. The van der Waals surface area contributed by atoms with Crippen LogP contribution in [0.4, 0.5) is 0 Å². The fraction of sp³-hybridized carbons (Fsp3) is 0.188. The van der Waals surface area contributed by atoms with Gasteiger partial charge in [0.2, 0.25) is 0 Å². The molecule has 0 aliphatic rings. The molecule has 0 radical (unpaired) electrons. The van der Waals surface area contributed by atoms with Gasteiger partial charge in [0, 0.05) is 23.2 Å². The number of rotatable bonds is 5. The van der Waals surface area contributed by atoms with E-state index < -0.39 is 0 Å². The van der Waals surface area contributed by atoms with Gasteiger partial charge in [-0.3, -0.25) is 0 Å². The lowest BCUT2D eigenvalue weighted by Gasteiger charge is -2.15. The van der Waals surface area contributed by atoms with Gasteiger partial charge in [0.05, 0.1) is 0 Å². The van der Waals surface area contributed by atoms with Gasteiger partial charge in [-0.25, -0.2) is 0 Å². The standard InChI is InChI=1S/C16H18ClN3O/c1-11(14-4-2-3-5-15(14)17)19-10-12-6-8-13(9-7-12)16(18)20-21/h2-9,11,19,21H,10H2,1H3,(H2,18,20)/t11-/m1/s1. The number of oxime groups is 1. The minimum absolute atomic E-state index is 0.110. The SMILES string of the molecule is C[C@@H](NCc1ccc(/C(N)=N/O)cc1)c1ccccc1Cl. The predicted octanol–water partition coefficient (Wildman–Crippen LogP) is 3.29. The number of halogens is 1. The summed E-state index contributed by atoms with van der Waals surface area (Å²) in [5.41, 5.74) is 8.41. The van der Waals surface area contributed by atoms with Crippen molar-refractivity contribution >= 4 is 17.4 Å². The van der Waals surface area contributed by atoms with E-state index in [1.165, 1.54) is 0 Å². The van der Waals surface area contributed by atoms with Crippen LogP contribution >= 0.6 is 11.6 Å². The molecule has 0 aliphatic carbocycles. The van der Waals surface area contributed by atoms with Gasteiger partial charge in [-0.15, -0.1) is 0 Å². The van der Waals surface area contributed by atoms with Crippen molar-refractivity contribution < 1.29 is 5.21 Å². The van der Waals surface area contributed by atoms with E-state index in [2.05, 4.69) is 17.4 Å². The van der Waals surface area contributed by atoms with Crippen LogP contribution in [-0.2, 0) is 6.54 Å². The van der Waals surface area contributed by atoms with Gasteiger partial charge < -0.3 is 16.3 Å². The van der Waals surface area contributed by atoms with E-state index in [9.17, 15) is 0 Å². The average molecular weight is 304 g/mol. The Labute approximate surface area is 129 Å². The van der Waals surface area contributed by atoms with Gasteiger partial charge in [-0.05, 0) is 24.1 Å². The fourth-order valence-corrected chi connectivity index (χ4v) is 2.36. The molecule has 0 saturated heterocycles. The van der Waals surface area contributed by atoms with E-state index in [0.717, 1.165) is 16.1 Å². The normalized spacial score (nSPS) is 13.1. The highest BCUT2D eigenvalue weighted by molar-refractivity contribution is 6.31. The van der Waals surface area contributed by atoms with Crippen LogP contribution in [0.2, 0.25) is 5.02 Å². The zero-order valence-electron chi connectivity index (χ0n) is 11.8. The number of nitrogens with one attached hydrogen (secondary N) is 1. The first-order valence-corrected chi connectivity index (χ1v) is 7.04. The van der Waals surface area contributed by atoms with Gasteiger partial charge in [0.15, 0.2) is 5.84 Å². The Balaban J connectivity index is 1.98. The molecule has 110 valence electrons. The first-order valence-electron chi connectivity index (χ1n) is 6.66. The van der Waals surface area contributed by atoms with Crippen molar-refractivity contribution in [3.05, 3.63) is 70.2 Å². The summed E-state index contributed by atoms with van der Waals surface area (Å²) < 4.78 is 0. The van der Waals surface area contributed by atoms with E-state index in [1.807, 2.05) is 48.5 Å². The summed E-state index contributed by atoms with van der Waals surface area (Å²) in [7, 11) is 0. The summed E-state index contributed by atoms with van der Waals surface area (Å²) in [6.07, 6.45) is 0. The highest BCUT2D eigenvalue weighted by atomic mass is 35.5. The molecule has 2 aromatic rings. The van der Waals surface area contributed by atoms with E-state index in [1.54, 1.807) is 0 Å². The zero-order chi connectivity index (χ0) is 15.2. The van der Waals surface area contributed by atoms with Crippen molar-refractivity contribution in [3.8, 4) is 0 Å². The lowest BCUT2D eigenvalue weighted by atomic mass is 10.1. The maximum absolute atomic E-state index is 8.62. The Morgan fingerprint density at radius 1 is 1.24 bits per heavy atom. The Bertz CT molecular complexity index is 626. The molecule has 0 aromatic heterocycles. The van der Waals surface area contributed by atoms with Gasteiger partial charge >= 0.3 is 0 Å². The average Bonchev–Trinajstić information content (AvgIpc) is 2.52. The summed E-state index contributed by atoms with van der Waals surface area (Å²) in [6, 6.07) is 15.5. The van der Waals surface area contributed by atoms with E-state index in [4.69, 9.17) is 22.5 Å². The van der Waals surface area contributed by atoms with Crippen LogP contribution in [0.3, 0.4) is 0 Å². The van der Waals surface area contributed by atoms with Crippen molar-refractivity contribution in [2.24, 2.45) is 10.9 Å². The summed E-state index contributed by atoms with van der Waals surface area (Å²) in [5, 5.41) is 15.8. The first kappa shape index (κ1) is 15.4. The van der Waals surface area contributed by atoms with Gasteiger partial charge in [-0.2, -0.15) is 0 Å².